The summed E-state index contributed by atoms with van der Waals surface area (Å²) >= 11 is 1.53. The Labute approximate surface area is 199 Å². The Hall–Kier alpha value is -2.77. The zero-order chi connectivity index (χ0) is 22.6. The molecule has 6 nitrogen and oxygen atoms in total. The van der Waals surface area contributed by atoms with E-state index in [2.05, 4.69) is 51.2 Å². The van der Waals surface area contributed by atoms with Crippen LogP contribution >= 0.6 is 11.8 Å². The van der Waals surface area contributed by atoms with Gasteiger partial charge in [-0.2, -0.15) is 0 Å². The lowest BCUT2D eigenvalue weighted by Crippen LogP contribution is -2.36. The number of morpholine rings is 1. The van der Waals surface area contributed by atoms with Gasteiger partial charge in [-0.15, -0.1) is 0 Å². The molecule has 1 aliphatic heterocycles. The number of anilines is 2. The predicted octanol–water partition coefficient (Wildman–Crippen LogP) is 4.71. The van der Waals surface area contributed by atoms with E-state index >= 15 is 0 Å². The van der Waals surface area contributed by atoms with E-state index in [1.54, 1.807) is 0 Å². The van der Waals surface area contributed by atoms with Crippen LogP contribution in [0.15, 0.2) is 59.8 Å². The number of para-hydroxylation sites is 1. The number of benzene rings is 2. The van der Waals surface area contributed by atoms with Crippen molar-refractivity contribution in [1.82, 2.24) is 9.55 Å². The van der Waals surface area contributed by atoms with Crippen molar-refractivity contribution in [3.63, 3.8) is 0 Å². The third-order valence-corrected chi connectivity index (χ3v) is 7.33. The highest BCUT2D eigenvalue weighted by atomic mass is 32.2. The topological polar surface area (TPSA) is 59.4 Å². The molecule has 5 rings (SSSR count). The van der Waals surface area contributed by atoms with Gasteiger partial charge in [-0.25, -0.2) is 4.98 Å². The van der Waals surface area contributed by atoms with Crippen molar-refractivity contribution in [1.29, 1.82) is 0 Å². The molecule has 2 heterocycles. The van der Waals surface area contributed by atoms with Crippen LogP contribution in [-0.2, 0) is 22.4 Å². The highest BCUT2D eigenvalue weighted by Crippen LogP contribution is 2.33. The molecule has 0 spiro atoms. The number of imidazole rings is 1. The first-order chi connectivity index (χ1) is 16.2. The lowest BCUT2D eigenvalue weighted by Gasteiger charge is -2.28. The number of aryl methyl sites for hydroxylation is 1. The molecule has 2 aromatic carbocycles. The monoisotopic (exact) mass is 462 g/mol. The minimum absolute atomic E-state index is 0.0142. The second kappa shape index (κ2) is 10.0. The number of carbonyl (C=O) groups excluding carboxylic acids is 1. The van der Waals surface area contributed by atoms with E-state index in [4.69, 9.17) is 9.72 Å². The molecular weight excluding hydrogens is 432 g/mol. The summed E-state index contributed by atoms with van der Waals surface area (Å²) in [6.07, 6.45) is 4.41. The van der Waals surface area contributed by atoms with Crippen LogP contribution in [0, 0.1) is 0 Å². The molecule has 0 radical (unpaired) electrons. The molecule has 1 amide bonds. The van der Waals surface area contributed by atoms with Gasteiger partial charge in [-0.3, -0.25) is 9.36 Å². The van der Waals surface area contributed by atoms with Crippen molar-refractivity contribution >= 4 is 29.0 Å². The van der Waals surface area contributed by atoms with Crippen LogP contribution in [0.2, 0.25) is 0 Å². The smallest absolute Gasteiger partial charge is 0.237 e. The minimum Gasteiger partial charge on any atom is -0.378 e. The number of fused-ring (bicyclic) bond motifs is 1. The second-order valence-electron chi connectivity index (χ2n) is 8.56. The van der Waals surface area contributed by atoms with Crippen molar-refractivity contribution in [2.75, 3.05) is 36.5 Å². The molecule has 3 aromatic rings. The zero-order valence-electron chi connectivity index (χ0n) is 19.0. The number of nitrogens with one attached hydrogen (secondary N) is 1. The number of hydrogen-bond donors (Lipinski definition) is 1. The lowest BCUT2D eigenvalue weighted by molar-refractivity contribution is -0.115. The summed E-state index contributed by atoms with van der Waals surface area (Å²) in [5.74, 6) is -0.0142. The van der Waals surface area contributed by atoms with E-state index in [0.717, 1.165) is 61.4 Å². The Bertz CT molecular complexity index is 1090. The van der Waals surface area contributed by atoms with Crippen molar-refractivity contribution < 1.29 is 9.53 Å². The number of nitrogens with zero attached hydrogens (tertiary/aromatic N) is 3. The Morgan fingerprint density at radius 2 is 1.73 bits per heavy atom. The van der Waals surface area contributed by atoms with E-state index in [0.29, 0.717) is 0 Å². The number of aromatic nitrogens is 2. The quantitative estimate of drug-likeness (QED) is 0.538. The van der Waals surface area contributed by atoms with Gasteiger partial charge in [0, 0.05) is 35.8 Å². The largest absolute Gasteiger partial charge is 0.378 e. The molecule has 0 bridgehead atoms. The van der Waals surface area contributed by atoms with Gasteiger partial charge in [0.2, 0.25) is 5.91 Å². The molecular formula is C26H30N4O2S. The Morgan fingerprint density at radius 3 is 2.48 bits per heavy atom. The fourth-order valence-electron chi connectivity index (χ4n) is 4.47. The van der Waals surface area contributed by atoms with E-state index in [1.807, 2.05) is 25.1 Å². The zero-order valence-corrected chi connectivity index (χ0v) is 19.8. The SMILES string of the molecule is C[C@@H](Sc1nc2c(n1-c1ccccc1)CCCC2)C(=O)Nc1ccc(N2CCOCC2)cc1. The van der Waals surface area contributed by atoms with Crippen molar-refractivity contribution in [2.45, 2.75) is 43.0 Å². The van der Waals surface area contributed by atoms with Crippen LogP contribution < -0.4 is 10.2 Å². The number of ether oxygens (including phenoxy) is 1. The number of hydrogen-bond acceptors (Lipinski definition) is 5. The molecule has 1 aromatic heterocycles. The molecule has 1 N–H and O–H groups in total. The molecule has 33 heavy (non-hydrogen) atoms. The van der Waals surface area contributed by atoms with E-state index < -0.39 is 0 Å². The fraction of sp³-hybridized carbons (Fsp3) is 0.385. The van der Waals surface area contributed by atoms with Crippen LogP contribution in [-0.4, -0.2) is 47.0 Å². The summed E-state index contributed by atoms with van der Waals surface area (Å²) in [4.78, 5) is 20.3. The maximum atomic E-state index is 13.0. The van der Waals surface area contributed by atoms with Crippen LogP contribution in [0.5, 0.6) is 0 Å². The summed E-state index contributed by atoms with van der Waals surface area (Å²) in [5, 5.41) is 3.71. The van der Waals surface area contributed by atoms with E-state index in [1.165, 1.54) is 36.0 Å². The van der Waals surface area contributed by atoms with Gasteiger partial charge >= 0.3 is 0 Å². The average molecular weight is 463 g/mol. The third kappa shape index (κ3) is 4.94. The van der Waals surface area contributed by atoms with Gasteiger partial charge in [0.05, 0.1) is 24.2 Å². The Balaban J connectivity index is 1.29. The van der Waals surface area contributed by atoms with Crippen LogP contribution in [0.4, 0.5) is 11.4 Å². The molecule has 1 fully saturated rings. The summed E-state index contributed by atoms with van der Waals surface area (Å²) in [6.45, 7) is 5.27. The minimum atomic E-state index is -0.268. The number of carbonyl (C=O) groups is 1. The first-order valence-corrected chi connectivity index (χ1v) is 12.6. The fourth-order valence-corrected chi connectivity index (χ4v) is 5.44. The van der Waals surface area contributed by atoms with Gasteiger partial charge in [-0.05, 0) is 69.0 Å². The maximum Gasteiger partial charge on any atom is 0.237 e. The predicted molar refractivity (Wildman–Crippen MR) is 134 cm³/mol. The van der Waals surface area contributed by atoms with E-state index in [-0.39, 0.29) is 11.2 Å². The number of amides is 1. The first kappa shape index (κ1) is 22.0. The normalized spacial score (nSPS) is 16.8. The first-order valence-electron chi connectivity index (χ1n) is 11.8. The third-order valence-electron chi connectivity index (χ3n) is 6.28. The van der Waals surface area contributed by atoms with Gasteiger partial charge in [-0.1, -0.05) is 30.0 Å². The van der Waals surface area contributed by atoms with Gasteiger partial charge < -0.3 is 15.0 Å². The number of rotatable bonds is 6. The van der Waals surface area contributed by atoms with Crippen molar-refractivity contribution in [3.8, 4) is 5.69 Å². The second-order valence-corrected chi connectivity index (χ2v) is 9.87. The molecule has 2 aliphatic rings. The molecule has 172 valence electrons. The van der Waals surface area contributed by atoms with Gasteiger partial charge in [0.15, 0.2) is 5.16 Å². The highest BCUT2D eigenvalue weighted by Gasteiger charge is 2.24. The lowest BCUT2D eigenvalue weighted by atomic mass is 10.0. The standard InChI is InChI=1S/C26H30N4O2S/c1-19(25(31)27-20-11-13-21(14-12-20)29-15-17-32-18-16-29)33-26-28-23-9-5-6-10-24(23)30(26)22-7-3-2-4-8-22/h2-4,7-8,11-14,19H,5-6,9-10,15-18H2,1H3,(H,27,31)/t19-/m1/s1. The van der Waals surface area contributed by atoms with Crippen molar-refractivity contribution in [2.24, 2.45) is 0 Å². The molecule has 0 unspecified atom stereocenters. The van der Waals surface area contributed by atoms with Crippen LogP contribution in [0.25, 0.3) is 5.69 Å². The molecule has 1 saturated heterocycles. The summed E-state index contributed by atoms with van der Waals surface area (Å²) in [5.41, 5.74) is 5.56. The number of thioether (sulfide) groups is 1. The van der Waals surface area contributed by atoms with Gasteiger partial charge in [0.25, 0.3) is 0 Å². The van der Waals surface area contributed by atoms with E-state index in [9.17, 15) is 4.79 Å². The van der Waals surface area contributed by atoms with Crippen LogP contribution in [0.1, 0.15) is 31.2 Å². The summed E-state index contributed by atoms with van der Waals surface area (Å²) in [6, 6.07) is 18.4. The Morgan fingerprint density at radius 1 is 1.00 bits per heavy atom. The molecule has 1 atom stereocenters. The molecule has 1 aliphatic carbocycles. The summed E-state index contributed by atoms with van der Waals surface area (Å²) in [7, 11) is 0. The molecule has 7 heteroatoms. The van der Waals surface area contributed by atoms with Crippen molar-refractivity contribution in [3.05, 3.63) is 66.0 Å². The maximum absolute atomic E-state index is 13.0. The molecule has 0 saturated carbocycles. The highest BCUT2D eigenvalue weighted by molar-refractivity contribution is 8.00. The average Bonchev–Trinajstić information content (AvgIpc) is 3.23. The summed E-state index contributed by atoms with van der Waals surface area (Å²) < 4.78 is 7.68. The van der Waals surface area contributed by atoms with Crippen LogP contribution in [0.3, 0.4) is 0 Å². The Kier molecular flexibility index (Phi) is 6.69. The van der Waals surface area contributed by atoms with Gasteiger partial charge in [0.1, 0.15) is 0 Å².